The number of ether oxygens (including phenoxy) is 1. The lowest BCUT2D eigenvalue weighted by Crippen LogP contribution is -2.36. The summed E-state index contributed by atoms with van der Waals surface area (Å²) < 4.78 is 6.23. The van der Waals surface area contributed by atoms with Crippen molar-refractivity contribution in [2.75, 3.05) is 0 Å². The molecular formula is C16H16BrNO2. The fourth-order valence-corrected chi connectivity index (χ4v) is 2.12. The number of hydrogen-bond donors (Lipinski definition) is 1. The minimum atomic E-state index is -0.430. The number of carbonyl (C=O) groups excluding carboxylic acids is 1. The van der Waals surface area contributed by atoms with Crippen LogP contribution in [0.3, 0.4) is 0 Å². The van der Waals surface area contributed by atoms with Gasteiger partial charge in [0.05, 0.1) is 0 Å². The molecule has 20 heavy (non-hydrogen) atoms. The Hall–Kier alpha value is -1.81. The van der Waals surface area contributed by atoms with E-state index >= 15 is 0 Å². The van der Waals surface area contributed by atoms with E-state index in [9.17, 15) is 4.79 Å². The minimum Gasteiger partial charge on any atom is -0.410 e. The predicted octanol–water partition coefficient (Wildman–Crippen LogP) is 4.17. The van der Waals surface area contributed by atoms with Crippen LogP contribution in [0.15, 0.2) is 59.1 Å². The number of benzene rings is 2. The SMILES string of the molecule is CC(Cc1ccc(Br)cc1)NC(=O)Oc1ccccc1. The molecule has 2 rings (SSSR count). The van der Waals surface area contributed by atoms with Crippen molar-refractivity contribution in [2.24, 2.45) is 0 Å². The van der Waals surface area contributed by atoms with Gasteiger partial charge in [-0.1, -0.05) is 46.3 Å². The van der Waals surface area contributed by atoms with E-state index in [1.807, 2.05) is 49.4 Å². The normalized spacial score (nSPS) is 11.7. The Morgan fingerprint density at radius 1 is 1.15 bits per heavy atom. The maximum Gasteiger partial charge on any atom is 0.412 e. The molecular weight excluding hydrogens is 318 g/mol. The summed E-state index contributed by atoms with van der Waals surface area (Å²) in [6.07, 6.45) is 0.331. The summed E-state index contributed by atoms with van der Waals surface area (Å²) in [5, 5.41) is 2.82. The first-order valence-electron chi connectivity index (χ1n) is 6.41. The van der Waals surface area contributed by atoms with E-state index in [0.29, 0.717) is 5.75 Å². The van der Waals surface area contributed by atoms with Crippen LogP contribution in [0.2, 0.25) is 0 Å². The topological polar surface area (TPSA) is 38.3 Å². The number of nitrogens with one attached hydrogen (secondary N) is 1. The third kappa shape index (κ3) is 4.70. The Bertz CT molecular complexity index is 554. The molecule has 0 bridgehead atoms. The molecule has 104 valence electrons. The Balaban J connectivity index is 1.83. The van der Waals surface area contributed by atoms with Crippen molar-refractivity contribution in [3.63, 3.8) is 0 Å². The standard InChI is InChI=1S/C16H16BrNO2/c1-12(11-13-7-9-14(17)10-8-13)18-16(19)20-15-5-3-2-4-6-15/h2-10,12H,11H2,1H3,(H,18,19). The van der Waals surface area contributed by atoms with Crippen LogP contribution in [-0.4, -0.2) is 12.1 Å². The van der Waals surface area contributed by atoms with Gasteiger partial charge in [-0.3, -0.25) is 0 Å². The van der Waals surface area contributed by atoms with Crippen molar-refractivity contribution in [2.45, 2.75) is 19.4 Å². The van der Waals surface area contributed by atoms with Gasteiger partial charge in [0.2, 0.25) is 0 Å². The second kappa shape index (κ2) is 7.10. The smallest absolute Gasteiger partial charge is 0.410 e. The van der Waals surface area contributed by atoms with E-state index in [1.54, 1.807) is 12.1 Å². The molecule has 1 N–H and O–H groups in total. The van der Waals surface area contributed by atoms with Gasteiger partial charge in [0.25, 0.3) is 0 Å². The van der Waals surface area contributed by atoms with Gasteiger partial charge in [-0.25, -0.2) is 4.79 Å². The molecule has 0 aliphatic rings. The highest BCUT2D eigenvalue weighted by Crippen LogP contribution is 2.12. The molecule has 3 nitrogen and oxygen atoms in total. The van der Waals surface area contributed by atoms with E-state index in [2.05, 4.69) is 21.2 Å². The molecule has 1 amide bonds. The Labute approximate surface area is 127 Å². The van der Waals surface area contributed by atoms with Crippen molar-refractivity contribution in [1.82, 2.24) is 5.32 Å². The molecule has 0 aromatic heterocycles. The highest BCUT2D eigenvalue weighted by molar-refractivity contribution is 9.10. The maximum absolute atomic E-state index is 11.7. The van der Waals surface area contributed by atoms with Crippen molar-refractivity contribution in [1.29, 1.82) is 0 Å². The molecule has 1 unspecified atom stereocenters. The summed E-state index contributed by atoms with van der Waals surface area (Å²) in [6, 6.07) is 17.1. The predicted molar refractivity (Wildman–Crippen MR) is 82.9 cm³/mol. The quantitative estimate of drug-likeness (QED) is 0.911. The first-order valence-corrected chi connectivity index (χ1v) is 7.20. The number of halogens is 1. The zero-order chi connectivity index (χ0) is 14.4. The molecule has 0 saturated heterocycles. The van der Waals surface area contributed by atoms with Gasteiger partial charge in [-0.15, -0.1) is 0 Å². The third-order valence-corrected chi connectivity index (χ3v) is 3.30. The van der Waals surface area contributed by atoms with E-state index in [-0.39, 0.29) is 6.04 Å². The molecule has 0 aliphatic carbocycles. The van der Waals surface area contributed by atoms with Crippen LogP contribution in [-0.2, 0) is 6.42 Å². The number of amides is 1. The van der Waals surface area contributed by atoms with Crippen LogP contribution in [0.4, 0.5) is 4.79 Å². The molecule has 0 saturated carbocycles. The first kappa shape index (κ1) is 14.6. The van der Waals surface area contributed by atoms with Crippen LogP contribution in [0.5, 0.6) is 5.75 Å². The van der Waals surface area contributed by atoms with Crippen LogP contribution in [0, 0.1) is 0 Å². The van der Waals surface area contributed by atoms with Gasteiger partial charge < -0.3 is 10.1 Å². The lowest BCUT2D eigenvalue weighted by Gasteiger charge is -2.14. The molecule has 0 aliphatic heterocycles. The molecule has 0 heterocycles. The summed E-state index contributed by atoms with van der Waals surface area (Å²) in [5.74, 6) is 0.542. The fourth-order valence-electron chi connectivity index (χ4n) is 1.85. The number of carbonyl (C=O) groups is 1. The first-order chi connectivity index (χ1) is 9.63. The Kier molecular flexibility index (Phi) is 5.18. The average molecular weight is 334 g/mol. The molecule has 2 aromatic carbocycles. The molecule has 0 radical (unpaired) electrons. The highest BCUT2D eigenvalue weighted by atomic mass is 79.9. The lowest BCUT2D eigenvalue weighted by molar-refractivity contribution is 0.197. The molecule has 1 atom stereocenters. The summed E-state index contributed by atoms with van der Waals surface area (Å²) in [7, 11) is 0. The summed E-state index contributed by atoms with van der Waals surface area (Å²) in [6.45, 7) is 1.95. The number of rotatable bonds is 4. The van der Waals surface area contributed by atoms with Crippen molar-refractivity contribution >= 4 is 22.0 Å². The van der Waals surface area contributed by atoms with Gasteiger partial charge in [0.1, 0.15) is 5.75 Å². The van der Waals surface area contributed by atoms with Crippen molar-refractivity contribution in [3.8, 4) is 5.75 Å². The highest BCUT2D eigenvalue weighted by Gasteiger charge is 2.09. The van der Waals surface area contributed by atoms with Crippen LogP contribution in [0.25, 0.3) is 0 Å². The van der Waals surface area contributed by atoms with Gasteiger partial charge in [0, 0.05) is 10.5 Å². The monoisotopic (exact) mass is 333 g/mol. The minimum absolute atomic E-state index is 0.00684. The summed E-state index contributed by atoms with van der Waals surface area (Å²) in [4.78, 5) is 11.7. The van der Waals surface area contributed by atoms with E-state index in [4.69, 9.17) is 4.74 Å². The van der Waals surface area contributed by atoms with Gasteiger partial charge in [-0.2, -0.15) is 0 Å². The van der Waals surface area contributed by atoms with Gasteiger partial charge >= 0.3 is 6.09 Å². The second-order valence-corrected chi connectivity index (χ2v) is 5.49. The van der Waals surface area contributed by atoms with Crippen LogP contribution >= 0.6 is 15.9 Å². The van der Waals surface area contributed by atoms with E-state index in [1.165, 1.54) is 5.56 Å². The average Bonchev–Trinajstić information content (AvgIpc) is 2.42. The number of hydrogen-bond acceptors (Lipinski definition) is 2. The van der Waals surface area contributed by atoms with Gasteiger partial charge in [-0.05, 0) is 43.2 Å². The fraction of sp³-hybridized carbons (Fsp3) is 0.188. The Morgan fingerprint density at radius 3 is 2.45 bits per heavy atom. The zero-order valence-corrected chi connectivity index (χ0v) is 12.8. The Morgan fingerprint density at radius 2 is 1.80 bits per heavy atom. The molecule has 0 fully saturated rings. The second-order valence-electron chi connectivity index (χ2n) is 4.58. The van der Waals surface area contributed by atoms with Crippen LogP contribution < -0.4 is 10.1 Å². The van der Waals surface area contributed by atoms with Gasteiger partial charge in [0.15, 0.2) is 0 Å². The third-order valence-electron chi connectivity index (χ3n) is 2.77. The van der Waals surface area contributed by atoms with Crippen molar-refractivity contribution in [3.05, 3.63) is 64.6 Å². The summed E-state index contributed by atoms with van der Waals surface area (Å²) >= 11 is 3.40. The van der Waals surface area contributed by atoms with E-state index in [0.717, 1.165) is 10.9 Å². The van der Waals surface area contributed by atoms with Crippen molar-refractivity contribution < 1.29 is 9.53 Å². The zero-order valence-electron chi connectivity index (χ0n) is 11.2. The maximum atomic E-state index is 11.7. The largest absolute Gasteiger partial charge is 0.412 e. The van der Waals surface area contributed by atoms with Crippen LogP contribution in [0.1, 0.15) is 12.5 Å². The molecule has 0 spiro atoms. The lowest BCUT2D eigenvalue weighted by atomic mass is 10.1. The van der Waals surface area contributed by atoms with E-state index < -0.39 is 6.09 Å². The molecule has 2 aromatic rings. The number of para-hydroxylation sites is 1. The summed E-state index contributed by atoms with van der Waals surface area (Å²) in [5.41, 5.74) is 1.17. The molecule has 4 heteroatoms.